The van der Waals surface area contributed by atoms with Gasteiger partial charge in [0.2, 0.25) is 0 Å². The fourth-order valence-corrected chi connectivity index (χ4v) is 2.42. The first-order chi connectivity index (χ1) is 11.7. The summed E-state index contributed by atoms with van der Waals surface area (Å²) >= 11 is 0. The fourth-order valence-electron chi connectivity index (χ4n) is 2.42. The lowest BCUT2D eigenvalue weighted by atomic mass is 10.0. The number of ether oxygens (including phenoxy) is 1. The molecule has 0 unspecified atom stereocenters. The second-order valence-electron chi connectivity index (χ2n) is 6.26. The maximum atomic E-state index is 12.2. The van der Waals surface area contributed by atoms with Crippen LogP contribution in [0.1, 0.15) is 39.2 Å². The van der Waals surface area contributed by atoms with E-state index in [1.807, 2.05) is 26.8 Å². The zero-order valence-corrected chi connectivity index (χ0v) is 14.7. The highest BCUT2D eigenvalue weighted by Gasteiger charge is 2.31. The average Bonchev–Trinajstić information content (AvgIpc) is 3.34. The molecule has 25 heavy (non-hydrogen) atoms. The summed E-state index contributed by atoms with van der Waals surface area (Å²) in [4.78, 5) is 4.68. The predicted octanol–water partition coefficient (Wildman–Crippen LogP) is 6.32. The first-order valence-electron chi connectivity index (χ1n) is 8.15. The van der Waals surface area contributed by atoms with Crippen LogP contribution in [0.3, 0.4) is 0 Å². The molecule has 1 saturated carbocycles. The Balaban J connectivity index is 2.23. The Bertz CT molecular complexity index is 716. The van der Waals surface area contributed by atoms with Gasteiger partial charge in [0.05, 0.1) is 11.4 Å². The first kappa shape index (κ1) is 19.0. The van der Waals surface area contributed by atoms with Gasteiger partial charge in [0.1, 0.15) is 5.75 Å². The van der Waals surface area contributed by atoms with Crippen LogP contribution in [0.4, 0.5) is 13.2 Å². The van der Waals surface area contributed by atoms with E-state index in [0.717, 1.165) is 24.1 Å². The van der Waals surface area contributed by atoms with Gasteiger partial charge in [0.15, 0.2) is 0 Å². The van der Waals surface area contributed by atoms with Crippen LogP contribution in [0.2, 0.25) is 0 Å². The number of hydrogen-bond acceptors (Lipinski definition) is 2. The summed E-state index contributed by atoms with van der Waals surface area (Å²) in [7, 11) is 0. The van der Waals surface area contributed by atoms with Gasteiger partial charge in [-0.1, -0.05) is 24.3 Å². The molecule has 1 aliphatic carbocycles. The Morgan fingerprint density at radius 3 is 2.24 bits per heavy atom. The SMILES string of the molecule is C=C(N=C(/C(C=C(C)C)=C/C)C1CC1)c1ccc(OC(F)(F)F)cc1. The van der Waals surface area contributed by atoms with Gasteiger partial charge < -0.3 is 4.74 Å². The topological polar surface area (TPSA) is 21.6 Å². The number of hydrogen-bond donors (Lipinski definition) is 0. The third kappa shape index (κ3) is 5.93. The molecule has 0 heterocycles. The van der Waals surface area contributed by atoms with E-state index < -0.39 is 6.36 Å². The van der Waals surface area contributed by atoms with E-state index in [1.54, 1.807) is 0 Å². The molecule has 2 nitrogen and oxygen atoms in total. The van der Waals surface area contributed by atoms with Crippen molar-refractivity contribution in [1.29, 1.82) is 0 Å². The smallest absolute Gasteiger partial charge is 0.406 e. The second kappa shape index (κ2) is 7.72. The Hall–Kier alpha value is -2.30. The minimum atomic E-state index is -4.69. The van der Waals surface area contributed by atoms with Crippen LogP contribution < -0.4 is 4.74 Å². The fraction of sp³-hybridized carbons (Fsp3) is 0.350. The van der Waals surface area contributed by atoms with Gasteiger partial charge in [0, 0.05) is 5.92 Å². The highest BCUT2D eigenvalue weighted by Crippen LogP contribution is 2.35. The van der Waals surface area contributed by atoms with E-state index >= 15 is 0 Å². The van der Waals surface area contributed by atoms with Crippen LogP contribution in [-0.2, 0) is 0 Å². The van der Waals surface area contributed by atoms with Crippen LogP contribution in [0.25, 0.3) is 5.70 Å². The maximum Gasteiger partial charge on any atom is 0.573 e. The molecule has 1 aromatic carbocycles. The summed E-state index contributed by atoms with van der Waals surface area (Å²) in [5.41, 5.74) is 4.44. The van der Waals surface area contributed by atoms with Gasteiger partial charge in [-0.2, -0.15) is 0 Å². The van der Waals surface area contributed by atoms with Gasteiger partial charge in [-0.15, -0.1) is 13.2 Å². The Labute approximate surface area is 146 Å². The Kier molecular flexibility index (Phi) is 5.88. The molecule has 0 N–H and O–H groups in total. The normalized spacial score (nSPS) is 15.8. The van der Waals surface area contributed by atoms with Crippen molar-refractivity contribution in [3.8, 4) is 5.75 Å². The lowest BCUT2D eigenvalue weighted by Crippen LogP contribution is -2.17. The zero-order valence-electron chi connectivity index (χ0n) is 14.7. The summed E-state index contributed by atoms with van der Waals surface area (Å²) in [6.07, 6.45) is 1.61. The van der Waals surface area contributed by atoms with Gasteiger partial charge in [0.25, 0.3) is 0 Å². The van der Waals surface area contributed by atoms with E-state index in [1.165, 1.54) is 29.8 Å². The van der Waals surface area contributed by atoms with Gasteiger partial charge >= 0.3 is 6.36 Å². The third-order valence-corrected chi connectivity index (χ3v) is 3.69. The summed E-state index contributed by atoms with van der Waals surface area (Å²) < 4.78 is 40.6. The number of rotatable bonds is 6. The Morgan fingerprint density at radius 1 is 1.20 bits per heavy atom. The lowest BCUT2D eigenvalue weighted by Gasteiger charge is -2.11. The standard InChI is InChI=1S/C20H22F3NO/c1-5-15(12-13(2)3)19(17-6-7-17)24-14(4)16-8-10-18(11-9-16)25-20(21,22)23/h5,8-12,17H,4,6-7H2,1-3H3/b15-5+,24-19?. The van der Waals surface area contributed by atoms with E-state index in [-0.39, 0.29) is 5.75 Å². The van der Waals surface area contributed by atoms with E-state index in [2.05, 4.69) is 22.4 Å². The van der Waals surface area contributed by atoms with Crippen molar-refractivity contribution >= 4 is 11.4 Å². The number of aliphatic imine (C=N–C) groups is 1. The van der Waals surface area contributed by atoms with Crippen LogP contribution in [0, 0.1) is 5.92 Å². The van der Waals surface area contributed by atoms with Crippen LogP contribution in [-0.4, -0.2) is 12.1 Å². The molecular weight excluding hydrogens is 327 g/mol. The van der Waals surface area contributed by atoms with Crippen LogP contribution in [0.5, 0.6) is 5.75 Å². The summed E-state index contributed by atoms with van der Waals surface area (Å²) in [6.45, 7) is 10.0. The molecule has 5 heteroatoms. The molecule has 2 rings (SSSR count). The van der Waals surface area contributed by atoms with Gasteiger partial charge in [-0.25, -0.2) is 0 Å². The number of nitrogens with zero attached hydrogens (tertiary/aromatic N) is 1. The highest BCUT2D eigenvalue weighted by molar-refractivity contribution is 6.07. The number of benzene rings is 1. The molecule has 0 aromatic heterocycles. The van der Waals surface area contributed by atoms with Crippen molar-refractivity contribution in [3.05, 3.63) is 59.7 Å². The van der Waals surface area contributed by atoms with Crippen molar-refractivity contribution in [2.24, 2.45) is 10.9 Å². The monoisotopic (exact) mass is 349 g/mol. The van der Waals surface area contributed by atoms with Gasteiger partial charge in [-0.3, -0.25) is 4.99 Å². The molecule has 1 aliphatic rings. The minimum absolute atomic E-state index is 0.255. The average molecular weight is 349 g/mol. The molecule has 0 radical (unpaired) electrons. The second-order valence-corrected chi connectivity index (χ2v) is 6.26. The Morgan fingerprint density at radius 2 is 1.80 bits per heavy atom. The molecule has 0 amide bonds. The zero-order chi connectivity index (χ0) is 18.6. The predicted molar refractivity (Wildman–Crippen MR) is 95.5 cm³/mol. The molecule has 1 fully saturated rings. The number of allylic oxidation sites excluding steroid dienone is 4. The molecule has 1 aromatic rings. The van der Waals surface area contributed by atoms with Crippen molar-refractivity contribution in [1.82, 2.24) is 0 Å². The summed E-state index contributed by atoms with van der Waals surface area (Å²) in [6, 6.07) is 5.61. The van der Waals surface area contributed by atoms with Gasteiger partial charge in [-0.05, 0) is 69.0 Å². The lowest BCUT2D eigenvalue weighted by molar-refractivity contribution is -0.274. The van der Waals surface area contributed by atoms with E-state index in [9.17, 15) is 13.2 Å². The first-order valence-corrected chi connectivity index (χ1v) is 8.15. The molecule has 0 aliphatic heterocycles. The molecular formula is C20H22F3NO. The van der Waals surface area contributed by atoms with Crippen molar-refractivity contribution in [3.63, 3.8) is 0 Å². The van der Waals surface area contributed by atoms with E-state index in [4.69, 9.17) is 0 Å². The summed E-state index contributed by atoms with van der Waals surface area (Å²) in [5.74, 6) is 0.167. The van der Waals surface area contributed by atoms with E-state index in [0.29, 0.717) is 17.2 Å². The molecule has 0 spiro atoms. The number of alkyl halides is 3. The van der Waals surface area contributed by atoms with Crippen molar-refractivity contribution in [2.45, 2.75) is 40.0 Å². The molecule has 0 bridgehead atoms. The van der Waals surface area contributed by atoms with Crippen LogP contribution >= 0.6 is 0 Å². The minimum Gasteiger partial charge on any atom is -0.406 e. The summed E-state index contributed by atoms with van der Waals surface area (Å²) in [5, 5.41) is 0. The van der Waals surface area contributed by atoms with Crippen LogP contribution in [0.15, 0.2) is 59.1 Å². The van der Waals surface area contributed by atoms with Crippen molar-refractivity contribution in [2.75, 3.05) is 0 Å². The largest absolute Gasteiger partial charge is 0.573 e. The quantitative estimate of drug-likeness (QED) is 0.435. The highest BCUT2D eigenvalue weighted by atomic mass is 19.4. The molecule has 0 saturated heterocycles. The van der Waals surface area contributed by atoms with Crippen molar-refractivity contribution < 1.29 is 17.9 Å². The molecule has 0 atom stereocenters. The third-order valence-electron chi connectivity index (χ3n) is 3.69. The maximum absolute atomic E-state index is 12.2. The number of halogens is 3. The molecule has 134 valence electrons.